The smallest absolute Gasteiger partial charge is 0.348 e. The monoisotopic (exact) mass is 408 g/mol. The van der Waals surface area contributed by atoms with Gasteiger partial charge in [0.1, 0.15) is 0 Å². The molecule has 30 heavy (non-hydrogen) atoms. The molecule has 0 radical (unpaired) electrons. The van der Waals surface area contributed by atoms with Crippen LogP contribution in [0.25, 0.3) is 0 Å². The van der Waals surface area contributed by atoms with Crippen LogP contribution in [0.15, 0.2) is 66.1 Å². The highest BCUT2D eigenvalue weighted by molar-refractivity contribution is 6.20. The summed E-state index contributed by atoms with van der Waals surface area (Å²) in [5.41, 5.74) is 1.31. The van der Waals surface area contributed by atoms with Gasteiger partial charge in [0.05, 0.1) is 0 Å². The van der Waals surface area contributed by atoms with Crippen molar-refractivity contribution in [1.29, 1.82) is 0 Å². The first-order valence-electron chi connectivity index (χ1n) is 9.20. The number of esters is 1. The molecule has 0 fully saturated rings. The van der Waals surface area contributed by atoms with Crippen LogP contribution in [0.1, 0.15) is 24.2 Å². The molecule has 1 aliphatic rings. The molecule has 0 spiro atoms. The largest absolute Gasteiger partial charge is 0.470 e. The number of para-hydroxylation sites is 1. The quantitative estimate of drug-likeness (QED) is 0.412. The molecule has 2 N–H and O–H groups in total. The Labute approximate surface area is 172 Å². The van der Waals surface area contributed by atoms with Gasteiger partial charge in [0.2, 0.25) is 11.7 Å². The van der Waals surface area contributed by atoms with Crippen LogP contribution in [0.4, 0.5) is 11.4 Å². The van der Waals surface area contributed by atoms with E-state index in [0.29, 0.717) is 16.9 Å². The van der Waals surface area contributed by atoms with Crippen LogP contribution in [-0.4, -0.2) is 36.2 Å². The molecule has 1 atom stereocenters. The highest BCUT2D eigenvalue weighted by Crippen LogP contribution is 2.21. The average molecular weight is 408 g/mol. The molecule has 2 aromatic rings. The second kappa shape index (κ2) is 9.04. The molecule has 3 rings (SSSR count). The summed E-state index contributed by atoms with van der Waals surface area (Å²) in [6, 6.07) is 15.2. The number of ketones is 2. The van der Waals surface area contributed by atoms with Gasteiger partial charge in [0, 0.05) is 16.9 Å². The van der Waals surface area contributed by atoms with Crippen molar-refractivity contribution in [3.63, 3.8) is 0 Å². The zero-order chi connectivity index (χ0) is 21.7. The second-order valence-electron chi connectivity index (χ2n) is 6.58. The number of anilines is 2. The molecule has 0 aromatic heterocycles. The first-order chi connectivity index (χ1) is 14.3. The molecule has 0 bridgehead atoms. The van der Waals surface area contributed by atoms with Crippen molar-refractivity contribution in [3.8, 4) is 0 Å². The van der Waals surface area contributed by atoms with Gasteiger partial charge < -0.3 is 20.1 Å². The van der Waals surface area contributed by atoms with Crippen molar-refractivity contribution in [2.75, 3.05) is 17.2 Å². The molecule has 0 unspecified atom stereocenters. The number of carbonyl (C=O) groups is 4. The van der Waals surface area contributed by atoms with Crippen LogP contribution in [0, 0.1) is 0 Å². The minimum Gasteiger partial charge on any atom is -0.470 e. The number of hydrogen-bond acceptors (Lipinski definition) is 7. The third-order valence-corrected chi connectivity index (χ3v) is 4.30. The van der Waals surface area contributed by atoms with Crippen molar-refractivity contribution in [2.45, 2.75) is 20.0 Å². The third kappa shape index (κ3) is 4.91. The fourth-order valence-electron chi connectivity index (χ4n) is 2.67. The maximum Gasteiger partial charge on any atom is 0.348 e. The van der Waals surface area contributed by atoms with E-state index in [1.165, 1.54) is 13.8 Å². The Morgan fingerprint density at radius 2 is 1.67 bits per heavy atom. The molecule has 2 aromatic carbocycles. The molecule has 1 aliphatic heterocycles. The fraction of sp³-hybridized carbons (Fsp3) is 0.182. The molecule has 0 aliphatic carbocycles. The Bertz CT molecular complexity index is 1010. The Hall–Kier alpha value is -3.94. The number of carbonyl (C=O) groups excluding carboxylic acids is 4. The second-order valence-corrected chi connectivity index (χ2v) is 6.58. The topological polar surface area (TPSA) is 111 Å². The Morgan fingerprint density at radius 1 is 1.00 bits per heavy atom. The van der Waals surface area contributed by atoms with Crippen LogP contribution in [-0.2, 0) is 23.9 Å². The van der Waals surface area contributed by atoms with E-state index in [9.17, 15) is 19.2 Å². The number of hydrogen-bond donors (Lipinski definition) is 2. The van der Waals surface area contributed by atoms with Crippen molar-refractivity contribution < 1.29 is 28.7 Å². The lowest BCUT2D eigenvalue weighted by molar-refractivity contribution is -0.150. The van der Waals surface area contributed by atoms with E-state index in [0.717, 1.165) is 0 Å². The number of Topliss-reactive ketones (excluding diaryl/α,β-unsaturated/α-hetero) is 2. The molecule has 0 saturated heterocycles. The molecule has 154 valence electrons. The molecule has 0 saturated carbocycles. The van der Waals surface area contributed by atoms with E-state index in [2.05, 4.69) is 10.6 Å². The summed E-state index contributed by atoms with van der Waals surface area (Å²) in [7, 11) is 0. The van der Waals surface area contributed by atoms with Gasteiger partial charge in [-0.3, -0.25) is 14.4 Å². The first kappa shape index (κ1) is 20.8. The molecular weight excluding hydrogens is 388 g/mol. The standard InChI is InChI=1S/C22H20N2O6/c1-13(25)15-8-10-17(11-9-15)23-20(27)14(2)30-22(28)19-18(26)12-29-21(19)24-16-6-4-3-5-7-16/h3-11,14,24H,12H2,1-2H3,(H,23,27)/t14-/m0/s1. The molecule has 1 heterocycles. The summed E-state index contributed by atoms with van der Waals surface area (Å²) in [4.78, 5) is 48.2. The fourth-order valence-corrected chi connectivity index (χ4v) is 2.67. The zero-order valence-electron chi connectivity index (χ0n) is 16.4. The number of benzene rings is 2. The van der Waals surface area contributed by atoms with Crippen molar-refractivity contribution in [1.82, 2.24) is 0 Å². The van der Waals surface area contributed by atoms with E-state index in [1.54, 1.807) is 48.5 Å². The summed E-state index contributed by atoms with van der Waals surface area (Å²) in [5, 5.41) is 5.46. The predicted octanol–water partition coefficient (Wildman–Crippen LogP) is 2.68. The van der Waals surface area contributed by atoms with Gasteiger partial charge in [-0.15, -0.1) is 0 Å². The summed E-state index contributed by atoms with van der Waals surface area (Å²) in [5.74, 6) is -2.17. The van der Waals surface area contributed by atoms with Gasteiger partial charge in [-0.05, 0) is 50.2 Å². The minimum atomic E-state index is -1.16. The number of amides is 1. The van der Waals surface area contributed by atoms with E-state index >= 15 is 0 Å². The van der Waals surface area contributed by atoms with Crippen molar-refractivity contribution in [2.24, 2.45) is 0 Å². The number of ether oxygens (including phenoxy) is 2. The first-order valence-corrected chi connectivity index (χ1v) is 9.20. The SMILES string of the molecule is CC(=O)c1ccc(NC(=O)[C@H](C)OC(=O)C2=C(Nc3ccccc3)OCC2=O)cc1. The van der Waals surface area contributed by atoms with Crippen LogP contribution >= 0.6 is 0 Å². The lowest BCUT2D eigenvalue weighted by Crippen LogP contribution is -2.31. The molecule has 1 amide bonds. The van der Waals surface area contributed by atoms with Gasteiger partial charge in [-0.2, -0.15) is 0 Å². The van der Waals surface area contributed by atoms with Gasteiger partial charge in [0.25, 0.3) is 5.91 Å². The van der Waals surface area contributed by atoms with Crippen LogP contribution in [0.3, 0.4) is 0 Å². The van der Waals surface area contributed by atoms with E-state index in [-0.39, 0.29) is 23.8 Å². The Balaban J connectivity index is 1.65. The summed E-state index contributed by atoms with van der Waals surface area (Å²) >= 11 is 0. The van der Waals surface area contributed by atoms with Crippen molar-refractivity contribution >= 4 is 34.8 Å². The van der Waals surface area contributed by atoms with E-state index in [4.69, 9.17) is 9.47 Å². The maximum atomic E-state index is 12.5. The highest BCUT2D eigenvalue weighted by Gasteiger charge is 2.34. The zero-order valence-corrected chi connectivity index (χ0v) is 16.4. The highest BCUT2D eigenvalue weighted by atomic mass is 16.6. The molecular formula is C22H20N2O6. The average Bonchev–Trinajstić information content (AvgIpc) is 3.09. The van der Waals surface area contributed by atoms with E-state index in [1.807, 2.05) is 6.07 Å². The summed E-state index contributed by atoms with van der Waals surface area (Å²) in [6.07, 6.45) is -1.16. The lowest BCUT2D eigenvalue weighted by atomic mass is 10.1. The normalized spacial score (nSPS) is 14.0. The number of rotatable bonds is 7. The van der Waals surface area contributed by atoms with Gasteiger partial charge in [0.15, 0.2) is 24.1 Å². The van der Waals surface area contributed by atoms with Gasteiger partial charge in [-0.1, -0.05) is 18.2 Å². The van der Waals surface area contributed by atoms with Crippen LogP contribution in [0.2, 0.25) is 0 Å². The Kier molecular flexibility index (Phi) is 6.26. The Morgan fingerprint density at radius 3 is 2.30 bits per heavy atom. The molecule has 8 heteroatoms. The lowest BCUT2D eigenvalue weighted by Gasteiger charge is -2.14. The predicted molar refractivity (Wildman–Crippen MR) is 109 cm³/mol. The summed E-state index contributed by atoms with van der Waals surface area (Å²) < 4.78 is 10.4. The third-order valence-electron chi connectivity index (χ3n) is 4.30. The van der Waals surface area contributed by atoms with Gasteiger partial charge in [-0.25, -0.2) is 4.79 Å². The molecule has 8 nitrogen and oxygen atoms in total. The van der Waals surface area contributed by atoms with Crippen LogP contribution < -0.4 is 10.6 Å². The minimum absolute atomic E-state index is 0.0105. The maximum absolute atomic E-state index is 12.5. The van der Waals surface area contributed by atoms with Crippen molar-refractivity contribution in [3.05, 3.63) is 71.6 Å². The van der Waals surface area contributed by atoms with Crippen LogP contribution in [0.5, 0.6) is 0 Å². The van der Waals surface area contributed by atoms with E-state index < -0.39 is 23.8 Å². The number of nitrogens with one attached hydrogen (secondary N) is 2. The van der Waals surface area contributed by atoms with Gasteiger partial charge >= 0.3 is 5.97 Å². The summed E-state index contributed by atoms with van der Waals surface area (Å²) in [6.45, 7) is 2.55.